The average Bonchev–Trinajstić information content (AvgIpc) is 3.24. The number of oxazole rings is 1. The Morgan fingerprint density at radius 1 is 1.27 bits per heavy atom. The first kappa shape index (κ1) is 18.7. The summed E-state index contributed by atoms with van der Waals surface area (Å²) in [6.07, 6.45) is 6.90. The lowest BCUT2D eigenvalue weighted by Gasteiger charge is -2.11. The quantitative estimate of drug-likeness (QED) is 0.440. The van der Waals surface area contributed by atoms with Crippen molar-refractivity contribution in [2.24, 2.45) is 5.92 Å². The number of nitrogens with zero attached hydrogens (tertiary/aromatic N) is 5. The number of hydrogen-bond donors (Lipinski definition) is 1. The molecule has 1 amide bonds. The highest BCUT2D eigenvalue weighted by atomic mass is 79.9. The Hall–Kier alpha value is -3.27. The minimum atomic E-state index is -0.412. The number of nitrogens with one attached hydrogen (secondary N) is 1. The van der Waals surface area contributed by atoms with Gasteiger partial charge in [-0.15, -0.1) is 5.10 Å². The van der Waals surface area contributed by atoms with Crippen LogP contribution in [0.5, 0.6) is 11.6 Å². The fraction of sp³-hybridized carbons (Fsp3) is 0.250. The molecule has 9 nitrogen and oxygen atoms in total. The van der Waals surface area contributed by atoms with E-state index in [1.165, 1.54) is 25.3 Å². The maximum absolute atomic E-state index is 12.1. The van der Waals surface area contributed by atoms with Crippen molar-refractivity contribution in [1.82, 2.24) is 30.3 Å². The van der Waals surface area contributed by atoms with Crippen molar-refractivity contribution in [1.29, 1.82) is 0 Å². The smallest absolute Gasteiger partial charge is 0.307 e. The third-order valence-corrected chi connectivity index (χ3v) is 5.61. The molecule has 0 radical (unpaired) electrons. The zero-order valence-electron chi connectivity index (χ0n) is 15.8. The zero-order chi connectivity index (χ0) is 20.5. The highest BCUT2D eigenvalue weighted by Crippen LogP contribution is 2.36. The van der Waals surface area contributed by atoms with Crippen LogP contribution >= 0.6 is 15.9 Å². The summed E-state index contributed by atoms with van der Waals surface area (Å²) >= 11 is 3.59. The fourth-order valence-corrected chi connectivity index (χ4v) is 3.58. The lowest BCUT2D eigenvalue weighted by Crippen LogP contribution is -2.23. The Morgan fingerprint density at radius 3 is 2.97 bits per heavy atom. The number of pyridine rings is 1. The summed E-state index contributed by atoms with van der Waals surface area (Å²) in [6, 6.07) is 7.42. The van der Waals surface area contributed by atoms with Gasteiger partial charge in [0.25, 0.3) is 5.89 Å². The van der Waals surface area contributed by atoms with E-state index in [2.05, 4.69) is 41.5 Å². The van der Waals surface area contributed by atoms with Gasteiger partial charge in [-0.1, -0.05) is 11.3 Å². The predicted molar refractivity (Wildman–Crippen MR) is 110 cm³/mol. The van der Waals surface area contributed by atoms with Gasteiger partial charge in [-0.25, -0.2) is 14.6 Å². The zero-order valence-corrected chi connectivity index (χ0v) is 17.4. The molecule has 0 unspecified atom stereocenters. The molecule has 152 valence electrons. The van der Waals surface area contributed by atoms with E-state index in [-0.39, 0.29) is 12.4 Å². The topological polar surface area (TPSA) is 108 Å². The minimum Gasteiger partial charge on any atom is -0.441 e. The Labute approximate surface area is 179 Å². The normalized spacial score (nSPS) is 13.5. The number of amides is 1. The van der Waals surface area contributed by atoms with E-state index in [1.54, 1.807) is 12.3 Å². The van der Waals surface area contributed by atoms with Gasteiger partial charge < -0.3 is 14.5 Å². The number of carbonyl (C=O) groups excluding carboxylic acids is 1. The molecule has 1 aromatic carbocycles. The average molecular weight is 469 g/mol. The predicted octanol–water partition coefficient (Wildman–Crippen LogP) is 3.71. The van der Waals surface area contributed by atoms with Crippen LogP contribution in [0.15, 0.2) is 51.8 Å². The standard InChI is InChI=1S/C20H17BrN6O3/c21-16-15(6-5-14-17(16)25-26-27(14)11-12-3-4-12)30-19-13(2-1-7-22-19)10-24-18(28)20-23-8-9-29-20/h1-2,5-9,12H,3-4,10-11H2,(H,24,28). The minimum absolute atomic E-state index is 0.00355. The summed E-state index contributed by atoms with van der Waals surface area (Å²) in [5.74, 6) is 1.25. The molecule has 0 bridgehead atoms. The van der Waals surface area contributed by atoms with Crippen LogP contribution in [0.3, 0.4) is 0 Å². The number of fused-ring (bicyclic) bond motifs is 1. The van der Waals surface area contributed by atoms with E-state index in [1.807, 2.05) is 22.9 Å². The van der Waals surface area contributed by atoms with E-state index in [4.69, 9.17) is 9.15 Å². The monoisotopic (exact) mass is 468 g/mol. The summed E-state index contributed by atoms with van der Waals surface area (Å²) in [5.41, 5.74) is 2.41. The van der Waals surface area contributed by atoms with Crippen LogP contribution in [0.1, 0.15) is 29.1 Å². The Kier molecular flexibility index (Phi) is 4.91. The number of rotatable bonds is 7. The maximum Gasteiger partial charge on any atom is 0.307 e. The van der Waals surface area contributed by atoms with Crippen LogP contribution in [0.25, 0.3) is 11.0 Å². The van der Waals surface area contributed by atoms with E-state index in [9.17, 15) is 4.79 Å². The van der Waals surface area contributed by atoms with Crippen molar-refractivity contribution in [3.05, 3.63) is 58.8 Å². The molecule has 1 N–H and O–H groups in total. The van der Waals surface area contributed by atoms with E-state index >= 15 is 0 Å². The van der Waals surface area contributed by atoms with Gasteiger partial charge in [0.1, 0.15) is 17.5 Å². The first-order valence-electron chi connectivity index (χ1n) is 9.50. The molecule has 1 aliphatic rings. The largest absolute Gasteiger partial charge is 0.441 e. The number of aromatic nitrogens is 5. The van der Waals surface area contributed by atoms with Gasteiger partial charge in [-0.3, -0.25) is 4.79 Å². The van der Waals surface area contributed by atoms with Gasteiger partial charge in [0, 0.05) is 24.8 Å². The second kappa shape index (κ2) is 7.86. The SMILES string of the molecule is O=C(NCc1cccnc1Oc1ccc2c(nnn2CC2CC2)c1Br)c1ncco1. The van der Waals surface area contributed by atoms with Crippen LogP contribution in [0.2, 0.25) is 0 Å². The molecule has 10 heteroatoms. The Balaban J connectivity index is 1.36. The third-order valence-electron chi connectivity index (χ3n) is 4.84. The Morgan fingerprint density at radius 2 is 2.17 bits per heavy atom. The summed E-state index contributed by atoms with van der Waals surface area (Å²) in [7, 11) is 0. The molecular formula is C20H17BrN6O3. The molecule has 4 aromatic rings. The number of ether oxygens (including phenoxy) is 1. The number of hydrogen-bond acceptors (Lipinski definition) is 7. The van der Waals surface area contributed by atoms with E-state index in [0.29, 0.717) is 27.6 Å². The van der Waals surface area contributed by atoms with Gasteiger partial charge in [-0.05, 0) is 52.9 Å². The number of benzene rings is 1. The third kappa shape index (κ3) is 3.78. The summed E-state index contributed by atoms with van der Waals surface area (Å²) < 4.78 is 13.7. The van der Waals surface area contributed by atoms with Gasteiger partial charge in [0.2, 0.25) is 5.88 Å². The molecule has 0 spiro atoms. The second-order valence-electron chi connectivity index (χ2n) is 7.05. The number of halogens is 1. The lowest BCUT2D eigenvalue weighted by molar-refractivity contribution is 0.0916. The van der Waals surface area contributed by atoms with Crippen molar-refractivity contribution in [2.75, 3.05) is 0 Å². The van der Waals surface area contributed by atoms with Crippen molar-refractivity contribution in [3.63, 3.8) is 0 Å². The molecular weight excluding hydrogens is 452 g/mol. The first-order chi connectivity index (χ1) is 14.7. The van der Waals surface area contributed by atoms with Crippen LogP contribution < -0.4 is 10.1 Å². The molecule has 3 aromatic heterocycles. The molecule has 1 fully saturated rings. The van der Waals surface area contributed by atoms with Crippen molar-refractivity contribution < 1.29 is 13.9 Å². The van der Waals surface area contributed by atoms with E-state index < -0.39 is 5.91 Å². The van der Waals surface area contributed by atoms with Crippen LogP contribution in [0, 0.1) is 5.92 Å². The molecule has 0 saturated heterocycles. The molecule has 5 rings (SSSR count). The summed E-state index contributed by atoms with van der Waals surface area (Å²) in [5, 5.41) is 11.3. The van der Waals surface area contributed by atoms with Gasteiger partial charge in [0.05, 0.1) is 16.2 Å². The highest BCUT2D eigenvalue weighted by molar-refractivity contribution is 9.10. The van der Waals surface area contributed by atoms with E-state index in [0.717, 1.165) is 17.6 Å². The van der Waals surface area contributed by atoms with Crippen LogP contribution in [-0.4, -0.2) is 30.9 Å². The van der Waals surface area contributed by atoms with Gasteiger partial charge in [-0.2, -0.15) is 0 Å². The number of carbonyl (C=O) groups is 1. The van der Waals surface area contributed by atoms with Gasteiger partial charge >= 0.3 is 5.91 Å². The molecule has 30 heavy (non-hydrogen) atoms. The molecule has 1 aliphatic carbocycles. The first-order valence-corrected chi connectivity index (χ1v) is 10.3. The van der Waals surface area contributed by atoms with Crippen molar-refractivity contribution in [2.45, 2.75) is 25.9 Å². The highest BCUT2D eigenvalue weighted by Gasteiger charge is 2.24. The summed E-state index contributed by atoms with van der Waals surface area (Å²) in [6.45, 7) is 1.10. The van der Waals surface area contributed by atoms with Crippen molar-refractivity contribution in [3.8, 4) is 11.6 Å². The second-order valence-corrected chi connectivity index (χ2v) is 7.84. The summed E-state index contributed by atoms with van der Waals surface area (Å²) in [4.78, 5) is 20.2. The van der Waals surface area contributed by atoms with Crippen LogP contribution in [0.4, 0.5) is 0 Å². The molecule has 0 atom stereocenters. The molecule has 3 heterocycles. The maximum atomic E-state index is 12.1. The molecule has 1 saturated carbocycles. The Bertz CT molecular complexity index is 1200. The van der Waals surface area contributed by atoms with Crippen LogP contribution in [-0.2, 0) is 13.1 Å². The molecule has 0 aliphatic heterocycles. The lowest BCUT2D eigenvalue weighted by atomic mass is 10.2. The van der Waals surface area contributed by atoms with Gasteiger partial charge in [0.15, 0.2) is 0 Å². The van der Waals surface area contributed by atoms with Crippen molar-refractivity contribution >= 4 is 32.9 Å². The fourth-order valence-electron chi connectivity index (χ4n) is 3.09.